The molecule has 1 fully saturated rings. The summed E-state index contributed by atoms with van der Waals surface area (Å²) in [6, 6.07) is 0.659. The number of nitrogens with zero attached hydrogens (tertiary/aromatic N) is 1. The van der Waals surface area contributed by atoms with Crippen LogP contribution in [0.5, 0.6) is 0 Å². The minimum absolute atomic E-state index is 0.00436. The van der Waals surface area contributed by atoms with Crippen molar-refractivity contribution < 1.29 is 5.11 Å². The van der Waals surface area contributed by atoms with Crippen LogP contribution < -0.4 is 0 Å². The average molecular weight is 181 g/mol. The van der Waals surface area contributed by atoms with Gasteiger partial charge in [0.05, 0.1) is 0 Å². The molecule has 0 radical (unpaired) electrons. The van der Waals surface area contributed by atoms with E-state index in [1.165, 1.54) is 0 Å². The van der Waals surface area contributed by atoms with Crippen LogP contribution in [0.15, 0.2) is 0 Å². The molecule has 0 amide bonds. The van der Waals surface area contributed by atoms with Crippen molar-refractivity contribution in [3.63, 3.8) is 0 Å². The summed E-state index contributed by atoms with van der Waals surface area (Å²) in [4.78, 5) is 2.48. The Morgan fingerprint density at radius 3 is 2.46 bits per heavy atom. The van der Waals surface area contributed by atoms with Crippen LogP contribution in [0.2, 0.25) is 0 Å². The minimum atomic E-state index is 0.00436. The molecule has 13 heavy (non-hydrogen) atoms. The van der Waals surface area contributed by atoms with Gasteiger partial charge in [-0.25, -0.2) is 0 Å². The molecule has 1 aliphatic rings. The van der Waals surface area contributed by atoms with E-state index in [4.69, 9.17) is 5.11 Å². The highest BCUT2D eigenvalue weighted by Crippen LogP contribution is 2.17. The minimum Gasteiger partial charge on any atom is -0.384 e. The number of aliphatic hydroxyl groups is 1. The summed E-state index contributed by atoms with van der Waals surface area (Å²) in [6.07, 6.45) is 2.32. The smallest absolute Gasteiger partial charge is 0.104 e. The maximum atomic E-state index is 8.55. The lowest BCUT2D eigenvalue weighted by Gasteiger charge is -2.32. The molecule has 2 nitrogen and oxygen atoms in total. The predicted molar refractivity (Wildman–Crippen MR) is 54.3 cm³/mol. The first-order chi connectivity index (χ1) is 6.24. The van der Waals surface area contributed by atoms with Crippen molar-refractivity contribution in [3.05, 3.63) is 0 Å². The summed E-state index contributed by atoms with van der Waals surface area (Å²) in [5, 5.41) is 8.55. The Labute approximate surface area is 80.9 Å². The Kier molecular flexibility index (Phi) is 4.27. The molecule has 1 heterocycles. The second-order valence-corrected chi connectivity index (χ2v) is 3.88. The molecule has 0 aromatic carbocycles. The second kappa shape index (κ2) is 5.26. The third-order valence-corrected chi connectivity index (χ3v) is 2.65. The van der Waals surface area contributed by atoms with Gasteiger partial charge in [0.2, 0.25) is 0 Å². The van der Waals surface area contributed by atoms with Crippen LogP contribution in [0.3, 0.4) is 0 Å². The monoisotopic (exact) mass is 181 g/mol. The maximum absolute atomic E-state index is 8.55. The van der Waals surface area contributed by atoms with Crippen LogP contribution in [0.4, 0.5) is 0 Å². The first-order valence-electron chi connectivity index (χ1n) is 5.07. The first-order valence-corrected chi connectivity index (χ1v) is 5.07. The van der Waals surface area contributed by atoms with E-state index in [0.717, 1.165) is 25.9 Å². The topological polar surface area (TPSA) is 23.5 Å². The van der Waals surface area contributed by atoms with E-state index in [-0.39, 0.29) is 6.61 Å². The van der Waals surface area contributed by atoms with Crippen molar-refractivity contribution in [2.75, 3.05) is 19.7 Å². The molecule has 0 saturated carbocycles. The Morgan fingerprint density at radius 2 is 2.00 bits per heavy atom. The first kappa shape index (κ1) is 10.6. The molecule has 2 heteroatoms. The lowest BCUT2D eigenvalue weighted by atomic mass is 9.97. The number of rotatable bonds is 1. The zero-order valence-corrected chi connectivity index (χ0v) is 8.58. The maximum Gasteiger partial charge on any atom is 0.104 e. The van der Waals surface area contributed by atoms with Crippen LogP contribution in [0, 0.1) is 17.8 Å². The van der Waals surface area contributed by atoms with E-state index in [2.05, 4.69) is 30.6 Å². The molecule has 1 saturated heterocycles. The van der Waals surface area contributed by atoms with E-state index in [1.54, 1.807) is 0 Å². The number of aliphatic hydroxyl groups excluding tert-OH is 1. The van der Waals surface area contributed by atoms with Gasteiger partial charge in [-0.15, -0.1) is 0 Å². The van der Waals surface area contributed by atoms with Crippen LogP contribution in [0.25, 0.3) is 0 Å². The normalized spacial score (nSPS) is 20.0. The second-order valence-electron chi connectivity index (χ2n) is 3.88. The van der Waals surface area contributed by atoms with Gasteiger partial charge in [-0.05, 0) is 39.8 Å². The molecule has 74 valence electrons. The van der Waals surface area contributed by atoms with Crippen molar-refractivity contribution >= 4 is 0 Å². The van der Waals surface area contributed by atoms with Gasteiger partial charge in [0, 0.05) is 12.0 Å². The largest absolute Gasteiger partial charge is 0.384 e. The molecular weight excluding hydrogens is 162 g/mol. The highest BCUT2D eigenvalue weighted by molar-refractivity contribution is 5.04. The molecule has 1 aliphatic heterocycles. The molecule has 1 rings (SSSR count). The molecule has 0 bridgehead atoms. The zero-order valence-electron chi connectivity index (χ0n) is 8.58. The van der Waals surface area contributed by atoms with Gasteiger partial charge >= 0.3 is 0 Å². The Morgan fingerprint density at radius 1 is 1.38 bits per heavy atom. The van der Waals surface area contributed by atoms with Gasteiger partial charge < -0.3 is 10.0 Å². The molecule has 0 aliphatic carbocycles. The van der Waals surface area contributed by atoms with Crippen molar-refractivity contribution in [2.45, 2.75) is 32.7 Å². The third kappa shape index (κ3) is 3.38. The Balaban J connectivity index is 2.30. The van der Waals surface area contributed by atoms with Gasteiger partial charge in [0.15, 0.2) is 0 Å². The zero-order chi connectivity index (χ0) is 9.68. The van der Waals surface area contributed by atoms with E-state index < -0.39 is 0 Å². The van der Waals surface area contributed by atoms with E-state index in [9.17, 15) is 0 Å². The molecule has 0 aromatic rings. The number of hydrogen-bond acceptors (Lipinski definition) is 2. The fourth-order valence-corrected chi connectivity index (χ4v) is 1.75. The van der Waals surface area contributed by atoms with Gasteiger partial charge in [-0.2, -0.15) is 0 Å². The molecule has 0 aromatic heterocycles. The highest BCUT2D eigenvalue weighted by atomic mass is 16.2. The molecule has 0 spiro atoms. The summed E-state index contributed by atoms with van der Waals surface area (Å²) in [7, 11) is 0. The van der Waals surface area contributed by atoms with Gasteiger partial charge in [0.1, 0.15) is 6.61 Å². The van der Waals surface area contributed by atoms with Gasteiger partial charge in [-0.1, -0.05) is 11.8 Å². The fraction of sp³-hybridized carbons (Fsp3) is 0.818. The fourth-order valence-electron chi connectivity index (χ4n) is 1.75. The predicted octanol–water partition coefficient (Wildman–Crippen LogP) is 1.10. The van der Waals surface area contributed by atoms with Crippen LogP contribution in [-0.2, 0) is 0 Å². The molecule has 0 unspecified atom stereocenters. The van der Waals surface area contributed by atoms with Crippen LogP contribution in [0.1, 0.15) is 26.7 Å². The van der Waals surface area contributed by atoms with Crippen molar-refractivity contribution in [3.8, 4) is 11.8 Å². The number of piperidine rings is 1. The van der Waals surface area contributed by atoms with Gasteiger partial charge in [0.25, 0.3) is 0 Å². The third-order valence-electron chi connectivity index (χ3n) is 2.65. The van der Waals surface area contributed by atoms with Crippen molar-refractivity contribution in [2.24, 2.45) is 5.92 Å². The molecular formula is C11H19NO. The highest BCUT2D eigenvalue weighted by Gasteiger charge is 2.18. The molecule has 0 atom stereocenters. The average Bonchev–Trinajstić information content (AvgIpc) is 2.15. The van der Waals surface area contributed by atoms with Crippen molar-refractivity contribution in [1.29, 1.82) is 0 Å². The summed E-state index contributed by atoms with van der Waals surface area (Å²) in [5.74, 6) is 6.37. The van der Waals surface area contributed by atoms with Crippen LogP contribution >= 0.6 is 0 Å². The van der Waals surface area contributed by atoms with E-state index in [1.807, 2.05) is 0 Å². The summed E-state index contributed by atoms with van der Waals surface area (Å²) in [5.41, 5.74) is 0. The van der Waals surface area contributed by atoms with Gasteiger partial charge in [-0.3, -0.25) is 0 Å². The lowest BCUT2D eigenvalue weighted by molar-refractivity contribution is 0.167. The van der Waals surface area contributed by atoms with Crippen molar-refractivity contribution in [1.82, 2.24) is 4.90 Å². The quantitative estimate of drug-likeness (QED) is 0.612. The standard InChI is InChI=1S/C11H19NO/c1-10(2)12-7-5-11(6-8-12)4-3-9-13/h10-11,13H,5-9H2,1-2H3. The van der Waals surface area contributed by atoms with E-state index in [0.29, 0.717) is 12.0 Å². The Bertz CT molecular complexity index is 194. The van der Waals surface area contributed by atoms with Crippen LogP contribution in [-0.4, -0.2) is 35.7 Å². The lowest BCUT2D eigenvalue weighted by Crippen LogP contribution is -2.38. The number of hydrogen-bond donors (Lipinski definition) is 1. The number of likely N-dealkylation sites (tertiary alicyclic amines) is 1. The Hall–Kier alpha value is -0.520. The van der Waals surface area contributed by atoms with E-state index >= 15 is 0 Å². The molecule has 1 N–H and O–H groups in total. The SMILES string of the molecule is CC(C)N1CCC(C#CCO)CC1. The summed E-state index contributed by atoms with van der Waals surface area (Å²) >= 11 is 0. The summed E-state index contributed by atoms with van der Waals surface area (Å²) in [6.45, 7) is 6.79. The summed E-state index contributed by atoms with van der Waals surface area (Å²) < 4.78 is 0.